The van der Waals surface area contributed by atoms with E-state index in [0.29, 0.717) is 21.0 Å². The van der Waals surface area contributed by atoms with Crippen molar-refractivity contribution in [3.63, 3.8) is 0 Å². The first-order chi connectivity index (χ1) is 8.65. The van der Waals surface area contributed by atoms with E-state index >= 15 is 0 Å². The minimum Gasteiger partial charge on any atom is -0.332 e. The van der Waals surface area contributed by atoms with Gasteiger partial charge in [-0.1, -0.05) is 23.2 Å². The highest BCUT2D eigenvalue weighted by atomic mass is 35.5. The van der Waals surface area contributed by atoms with E-state index in [9.17, 15) is 0 Å². The van der Waals surface area contributed by atoms with E-state index < -0.39 is 0 Å². The summed E-state index contributed by atoms with van der Waals surface area (Å²) in [6.07, 6.45) is 1.61. The smallest absolute Gasteiger partial charge is 0.175 e. The first-order valence-corrected chi connectivity index (χ1v) is 6.25. The second-order valence-electron chi connectivity index (χ2n) is 3.43. The van der Waals surface area contributed by atoms with Crippen molar-refractivity contribution >= 4 is 51.9 Å². The van der Waals surface area contributed by atoms with Crippen LogP contribution in [0.15, 0.2) is 42.6 Å². The summed E-state index contributed by atoms with van der Waals surface area (Å²) in [6, 6.07) is 10.8. The van der Waals surface area contributed by atoms with Crippen molar-refractivity contribution < 1.29 is 0 Å². The Bertz CT molecular complexity index is 558. The molecule has 0 saturated carbocycles. The quantitative estimate of drug-likeness (QED) is 0.643. The molecule has 0 amide bonds. The molecule has 6 heteroatoms. The summed E-state index contributed by atoms with van der Waals surface area (Å²) in [5.41, 5.74) is 1.50. The van der Waals surface area contributed by atoms with Crippen molar-refractivity contribution in [3.8, 4) is 0 Å². The van der Waals surface area contributed by atoms with Crippen LogP contribution in [0, 0.1) is 0 Å². The Morgan fingerprint density at radius 1 is 1.06 bits per heavy atom. The van der Waals surface area contributed by atoms with E-state index in [1.165, 1.54) is 0 Å². The Labute approximate surface area is 120 Å². The van der Waals surface area contributed by atoms with E-state index in [4.69, 9.17) is 35.4 Å². The summed E-state index contributed by atoms with van der Waals surface area (Å²) >= 11 is 16.9. The van der Waals surface area contributed by atoms with E-state index in [1.54, 1.807) is 30.5 Å². The Balaban J connectivity index is 2.01. The maximum absolute atomic E-state index is 5.91. The maximum Gasteiger partial charge on any atom is 0.175 e. The van der Waals surface area contributed by atoms with Crippen molar-refractivity contribution in [3.05, 3.63) is 52.8 Å². The number of hydrogen-bond donors (Lipinski definition) is 2. The number of nitrogens with one attached hydrogen (secondary N) is 2. The monoisotopic (exact) mass is 297 g/mol. The second kappa shape index (κ2) is 6.00. The standard InChI is InChI=1S/C12H9Cl2N3S/c13-8-3-5-9(6-4-8)16-12(18)17-10-2-1-7-15-11(10)14/h1-7H,(H2,16,17,18). The normalized spacial score (nSPS) is 9.89. The van der Waals surface area contributed by atoms with E-state index in [-0.39, 0.29) is 0 Å². The third kappa shape index (κ3) is 3.57. The molecule has 0 aliphatic rings. The summed E-state index contributed by atoms with van der Waals surface area (Å²) in [5, 5.41) is 7.47. The van der Waals surface area contributed by atoms with Gasteiger partial charge in [-0.05, 0) is 48.6 Å². The minimum absolute atomic E-state index is 0.373. The molecule has 0 fully saturated rings. The topological polar surface area (TPSA) is 37.0 Å². The largest absolute Gasteiger partial charge is 0.332 e. The molecule has 2 aromatic rings. The molecular weight excluding hydrogens is 289 g/mol. The van der Waals surface area contributed by atoms with Gasteiger partial charge in [-0.2, -0.15) is 0 Å². The average molecular weight is 298 g/mol. The molecule has 0 aliphatic heterocycles. The Hall–Kier alpha value is -1.36. The number of anilines is 2. The van der Waals surface area contributed by atoms with Crippen molar-refractivity contribution in [2.24, 2.45) is 0 Å². The molecule has 1 aromatic heterocycles. The van der Waals surface area contributed by atoms with Gasteiger partial charge in [0.25, 0.3) is 0 Å². The van der Waals surface area contributed by atoms with Gasteiger partial charge < -0.3 is 10.6 Å². The lowest BCUT2D eigenvalue weighted by atomic mass is 10.3. The molecule has 0 aliphatic carbocycles. The van der Waals surface area contributed by atoms with Crippen molar-refractivity contribution in [2.75, 3.05) is 10.6 Å². The number of nitrogens with zero attached hydrogens (tertiary/aromatic N) is 1. The molecule has 92 valence electrons. The minimum atomic E-state index is 0.373. The van der Waals surface area contributed by atoms with Gasteiger partial charge in [0.15, 0.2) is 10.3 Å². The molecule has 2 N–H and O–H groups in total. The summed E-state index contributed by atoms with van der Waals surface area (Å²) < 4.78 is 0. The number of rotatable bonds is 2. The predicted molar refractivity (Wildman–Crippen MR) is 80.5 cm³/mol. The van der Waals surface area contributed by atoms with E-state index in [0.717, 1.165) is 5.69 Å². The molecule has 1 aromatic carbocycles. The van der Waals surface area contributed by atoms with E-state index in [1.807, 2.05) is 12.1 Å². The van der Waals surface area contributed by atoms with Gasteiger partial charge in [0.1, 0.15) is 0 Å². The van der Waals surface area contributed by atoms with Crippen molar-refractivity contribution in [2.45, 2.75) is 0 Å². The SMILES string of the molecule is S=C(Nc1ccc(Cl)cc1)Nc1cccnc1Cl. The summed E-state index contributed by atoms with van der Waals surface area (Å²) in [4.78, 5) is 3.95. The summed E-state index contributed by atoms with van der Waals surface area (Å²) in [7, 11) is 0. The van der Waals surface area contributed by atoms with Crippen LogP contribution in [0.25, 0.3) is 0 Å². The molecule has 0 spiro atoms. The van der Waals surface area contributed by atoms with Crippen molar-refractivity contribution in [1.29, 1.82) is 0 Å². The molecule has 3 nitrogen and oxygen atoms in total. The maximum atomic E-state index is 5.91. The zero-order valence-electron chi connectivity index (χ0n) is 9.15. The lowest BCUT2D eigenvalue weighted by Gasteiger charge is -2.11. The van der Waals surface area contributed by atoms with Crippen LogP contribution in [0.1, 0.15) is 0 Å². The lowest BCUT2D eigenvalue weighted by molar-refractivity contribution is 1.33. The lowest BCUT2D eigenvalue weighted by Crippen LogP contribution is -2.19. The molecule has 0 radical (unpaired) electrons. The van der Waals surface area contributed by atoms with Gasteiger partial charge >= 0.3 is 0 Å². The van der Waals surface area contributed by atoms with Gasteiger partial charge in [-0.15, -0.1) is 0 Å². The molecular formula is C12H9Cl2N3S. The third-order valence-electron chi connectivity index (χ3n) is 2.11. The molecule has 0 atom stereocenters. The molecule has 0 saturated heterocycles. The highest BCUT2D eigenvalue weighted by Gasteiger charge is 2.03. The fourth-order valence-corrected chi connectivity index (χ4v) is 1.82. The van der Waals surface area contributed by atoms with Gasteiger partial charge in [-0.25, -0.2) is 4.98 Å². The first-order valence-electron chi connectivity index (χ1n) is 5.09. The predicted octanol–water partition coefficient (Wildman–Crippen LogP) is 4.20. The number of hydrogen-bond acceptors (Lipinski definition) is 2. The zero-order valence-corrected chi connectivity index (χ0v) is 11.5. The van der Waals surface area contributed by atoms with Gasteiger partial charge in [0.2, 0.25) is 0 Å². The first kappa shape index (κ1) is 13.1. The molecule has 0 bridgehead atoms. The highest BCUT2D eigenvalue weighted by Crippen LogP contribution is 2.18. The number of halogens is 2. The van der Waals surface area contributed by atoms with Crippen LogP contribution in [-0.2, 0) is 0 Å². The van der Waals surface area contributed by atoms with Crippen LogP contribution >= 0.6 is 35.4 Å². The zero-order chi connectivity index (χ0) is 13.0. The Morgan fingerprint density at radius 3 is 2.44 bits per heavy atom. The van der Waals surface area contributed by atoms with Crippen LogP contribution in [0.3, 0.4) is 0 Å². The Kier molecular flexibility index (Phi) is 4.36. The van der Waals surface area contributed by atoms with Crippen LogP contribution in [-0.4, -0.2) is 10.1 Å². The van der Waals surface area contributed by atoms with Gasteiger partial charge in [-0.3, -0.25) is 0 Å². The molecule has 1 heterocycles. The fraction of sp³-hybridized carbons (Fsp3) is 0. The molecule has 18 heavy (non-hydrogen) atoms. The Morgan fingerprint density at radius 2 is 1.78 bits per heavy atom. The van der Waals surface area contributed by atoms with Crippen LogP contribution in [0.5, 0.6) is 0 Å². The number of aromatic nitrogens is 1. The van der Waals surface area contributed by atoms with Gasteiger partial charge in [0.05, 0.1) is 5.69 Å². The number of pyridine rings is 1. The van der Waals surface area contributed by atoms with Gasteiger partial charge in [0, 0.05) is 16.9 Å². The second-order valence-corrected chi connectivity index (χ2v) is 4.63. The summed E-state index contributed by atoms with van der Waals surface area (Å²) in [6.45, 7) is 0. The highest BCUT2D eigenvalue weighted by molar-refractivity contribution is 7.80. The average Bonchev–Trinajstić information content (AvgIpc) is 2.35. The van der Waals surface area contributed by atoms with Crippen LogP contribution in [0.2, 0.25) is 10.2 Å². The summed E-state index contributed by atoms with van der Waals surface area (Å²) in [5.74, 6) is 0. The van der Waals surface area contributed by atoms with Crippen molar-refractivity contribution in [1.82, 2.24) is 4.98 Å². The van der Waals surface area contributed by atoms with Crippen LogP contribution in [0.4, 0.5) is 11.4 Å². The molecule has 0 unspecified atom stereocenters. The van der Waals surface area contributed by atoms with Crippen LogP contribution < -0.4 is 10.6 Å². The number of thiocarbonyl (C=S) groups is 1. The molecule has 2 rings (SSSR count). The number of benzene rings is 1. The third-order valence-corrected chi connectivity index (χ3v) is 2.87. The van der Waals surface area contributed by atoms with E-state index in [2.05, 4.69) is 15.6 Å². The fourth-order valence-electron chi connectivity index (χ4n) is 1.30.